The summed E-state index contributed by atoms with van der Waals surface area (Å²) in [7, 11) is 0. The van der Waals surface area contributed by atoms with Crippen molar-refractivity contribution in [1.82, 2.24) is 10.3 Å². The Morgan fingerprint density at radius 2 is 2.07 bits per heavy atom. The normalized spacial score (nSPS) is 20.7. The predicted molar refractivity (Wildman–Crippen MR) is 57.1 cm³/mol. The maximum absolute atomic E-state index is 4.35. The Balaban J connectivity index is 2.22. The van der Waals surface area contributed by atoms with E-state index in [1.165, 1.54) is 17.4 Å². The van der Waals surface area contributed by atoms with Gasteiger partial charge in [-0.3, -0.25) is 4.98 Å². The minimum absolute atomic E-state index is 0.544. The Labute approximate surface area is 83.0 Å². The third kappa shape index (κ3) is 1.11. The van der Waals surface area contributed by atoms with Crippen LogP contribution in [0.1, 0.15) is 18.0 Å². The zero-order valence-corrected chi connectivity index (χ0v) is 7.90. The van der Waals surface area contributed by atoms with Gasteiger partial charge in [0.15, 0.2) is 0 Å². The van der Waals surface area contributed by atoms with Crippen molar-refractivity contribution in [2.75, 3.05) is 6.54 Å². The summed E-state index contributed by atoms with van der Waals surface area (Å²) in [6.45, 7) is 1.14. The van der Waals surface area contributed by atoms with E-state index in [4.69, 9.17) is 0 Å². The lowest BCUT2D eigenvalue weighted by Crippen LogP contribution is -2.35. The van der Waals surface area contributed by atoms with Gasteiger partial charge in [0, 0.05) is 17.6 Å². The molecule has 14 heavy (non-hydrogen) atoms. The minimum Gasteiger partial charge on any atom is -0.310 e. The smallest absolute Gasteiger partial charge is 0.0705 e. The standard InChI is InChI=1S/C12H12N2/c1-2-4-11-9(3-1)10(5-7-13-11)12-6-8-14-12/h1-5,7,12,14H,6,8H2/t12-/m0/s1. The monoisotopic (exact) mass is 184 g/mol. The van der Waals surface area contributed by atoms with E-state index >= 15 is 0 Å². The van der Waals surface area contributed by atoms with Crippen LogP contribution in [0, 0.1) is 0 Å². The lowest BCUT2D eigenvalue weighted by molar-refractivity contribution is 0.385. The van der Waals surface area contributed by atoms with Gasteiger partial charge in [-0.1, -0.05) is 18.2 Å². The Hall–Kier alpha value is -1.41. The highest BCUT2D eigenvalue weighted by atomic mass is 15.0. The quantitative estimate of drug-likeness (QED) is 0.735. The van der Waals surface area contributed by atoms with Crippen LogP contribution in [0.4, 0.5) is 0 Å². The molecule has 0 unspecified atom stereocenters. The zero-order chi connectivity index (χ0) is 9.38. The van der Waals surface area contributed by atoms with E-state index in [9.17, 15) is 0 Å². The highest BCUT2D eigenvalue weighted by Gasteiger charge is 2.20. The van der Waals surface area contributed by atoms with Crippen molar-refractivity contribution in [3.8, 4) is 0 Å². The summed E-state index contributed by atoms with van der Waals surface area (Å²) < 4.78 is 0. The van der Waals surface area contributed by atoms with Crippen molar-refractivity contribution >= 4 is 10.9 Å². The molecular formula is C12H12N2. The zero-order valence-electron chi connectivity index (χ0n) is 7.90. The number of nitrogens with one attached hydrogen (secondary N) is 1. The Morgan fingerprint density at radius 1 is 1.21 bits per heavy atom. The molecule has 1 N–H and O–H groups in total. The number of rotatable bonds is 1. The SMILES string of the molecule is c1ccc2c([C@@H]3CCN3)ccnc2c1. The molecule has 70 valence electrons. The maximum Gasteiger partial charge on any atom is 0.0705 e. The molecule has 1 saturated heterocycles. The van der Waals surface area contributed by atoms with Crippen LogP contribution in [0.3, 0.4) is 0 Å². The van der Waals surface area contributed by atoms with E-state index in [2.05, 4.69) is 34.6 Å². The number of benzene rings is 1. The second-order valence-corrected chi connectivity index (χ2v) is 3.71. The van der Waals surface area contributed by atoms with E-state index < -0.39 is 0 Å². The van der Waals surface area contributed by atoms with E-state index in [1.54, 1.807) is 0 Å². The molecule has 2 heterocycles. The summed E-state index contributed by atoms with van der Waals surface area (Å²) in [6, 6.07) is 11.0. The highest BCUT2D eigenvalue weighted by molar-refractivity contribution is 5.82. The van der Waals surface area contributed by atoms with Crippen LogP contribution in [-0.2, 0) is 0 Å². The van der Waals surface area contributed by atoms with Gasteiger partial charge in [0.2, 0.25) is 0 Å². The molecule has 0 aliphatic carbocycles. The van der Waals surface area contributed by atoms with Gasteiger partial charge in [-0.15, -0.1) is 0 Å². The van der Waals surface area contributed by atoms with Crippen molar-refractivity contribution in [2.24, 2.45) is 0 Å². The lowest BCUT2D eigenvalue weighted by Gasteiger charge is -2.28. The van der Waals surface area contributed by atoms with Crippen molar-refractivity contribution in [1.29, 1.82) is 0 Å². The van der Waals surface area contributed by atoms with Gasteiger partial charge in [0.25, 0.3) is 0 Å². The second kappa shape index (κ2) is 3.07. The summed E-state index contributed by atoms with van der Waals surface area (Å²) >= 11 is 0. The fourth-order valence-corrected chi connectivity index (χ4v) is 1.98. The molecule has 2 heteroatoms. The van der Waals surface area contributed by atoms with Gasteiger partial charge >= 0.3 is 0 Å². The molecule has 2 aromatic rings. The Kier molecular flexibility index (Phi) is 1.74. The molecule has 0 saturated carbocycles. The van der Waals surface area contributed by atoms with Gasteiger partial charge < -0.3 is 5.32 Å². The van der Waals surface area contributed by atoms with E-state index in [0.29, 0.717) is 6.04 Å². The van der Waals surface area contributed by atoms with E-state index in [-0.39, 0.29) is 0 Å². The first kappa shape index (κ1) is 7.94. The van der Waals surface area contributed by atoms with Gasteiger partial charge in [0.1, 0.15) is 0 Å². The Morgan fingerprint density at radius 3 is 2.86 bits per heavy atom. The molecule has 0 spiro atoms. The lowest BCUT2D eigenvalue weighted by atomic mass is 9.95. The number of hydrogen-bond donors (Lipinski definition) is 1. The van der Waals surface area contributed by atoms with Crippen molar-refractivity contribution < 1.29 is 0 Å². The average molecular weight is 184 g/mol. The van der Waals surface area contributed by atoms with Crippen LogP contribution in [0.5, 0.6) is 0 Å². The molecule has 1 atom stereocenters. The fraction of sp³-hybridized carbons (Fsp3) is 0.250. The summed E-state index contributed by atoms with van der Waals surface area (Å²) in [5, 5.41) is 4.71. The van der Waals surface area contributed by atoms with E-state index in [1.807, 2.05) is 12.3 Å². The van der Waals surface area contributed by atoms with Crippen LogP contribution in [0.2, 0.25) is 0 Å². The molecule has 0 amide bonds. The predicted octanol–water partition coefficient (Wildman–Crippen LogP) is 2.27. The van der Waals surface area contributed by atoms with Crippen molar-refractivity contribution in [3.05, 3.63) is 42.1 Å². The number of para-hydroxylation sites is 1. The highest BCUT2D eigenvalue weighted by Crippen LogP contribution is 2.28. The number of fused-ring (bicyclic) bond motifs is 1. The second-order valence-electron chi connectivity index (χ2n) is 3.71. The first-order valence-electron chi connectivity index (χ1n) is 5.02. The summed E-state index contributed by atoms with van der Waals surface area (Å²) in [4.78, 5) is 4.35. The van der Waals surface area contributed by atoms with Gasteiger partial charge in [0.05, 0.1) is 5.52 Å². The topological polar surface area (TPSA) is 24.9 Å². The van der Waals surface area contributed by atoms with Crippen LogP contribution < -0.4 is 5.32 Å². The van der Waals surface area contributed by atoms with Crippen LogP contribution in [-0.4, -0.2) is 11.5 Å². The first-order valence-corrected chi connectivity index (χ1v) is 5.02. The largest absolute Gasteiger partial charge is 0.310 e. The van der Waals surface area contributed by atoms with E-state index in [0.717, 1.165) is 12.1 Å². The van der Waals surface area contributed by atoms with Crippen LogP contribution >= 0.6 is 0 Å². The van der Waals surface area contributed by atoms with Crippen molar-refractivity contribution in [2.45, 2.75) is 12.5 Å². The van der Waals surface area contributed by atoms with Gasteiger partial charge in [-0.2, -0.15) is 0 Å². The third-order valence-corrected chi connectivity index (χ3v) is 2.88. The molecule has 1 aromatic carbocycles. The fourth-order valence-electron chi connectivity index (χ4n) is 1.98. The molecular weight excluding hydrogens is 172 g/mol. The Bertz CT molecular complexity index is 455. The van der Waals surface area contributed by atoms with Crippen LogP contribution in [0.25, 0.3) is 10.9 Å². The summed E-state index contributed by atoms with van der Waals surface area (Å²) in [5.41, 5.74) is 2.49. The van der Waals surface area contributed by atoms with Crippen molar-refractivity contribution in [3.63, 3.8) is 0 Å². The molecule has 0 bridgehead atoms. The molecule has 2 nitrogen and oxygen atoms in total. The summed E-state index contributed by atoms with van der Waals surface area (Å²) in [5.74, 6) is 0. The molecule has 1 aromatic heterocycles. The summed E-state index contributed by atoms with van der Waals surface area (Å²) in [6.07, 6.45) is 3.14. The molecule has 1 aliphatic heterocycles. The maximum atomic E-state index is 4.35. The molecule has 1 fully saturated rings. The molecule has 1 aliphatic rings. The molecule has 3 rings (SSSR count). The number of aromatic nitrogens is 1. The first-order chi connectivity index (χ1) is 6.95. The minimum atomic E-state index is 0.544. The van der Waals surface area contributed by atoms with Gasteiger partial charge in [-0.05, 0) is 30.7 Å². The number of nitrogens with zero attached hydrogens (tertiary/aromatic N) is 1. The molecule has 0 radical (unpaired) electrons. The van der Waals surface area contributed by atoms with Crippen LogP contribution in [0.15, 0.2) is 36.5 Å². The number of pyridine rings is 1. The average Bonchev–Trinajstić information content (AvgIpc) is 2.16. The number of hydrogen-bond acceptors (Lipinski definition) is 2. The third-order valence-electron chi connectivity index (χ3n) is 2.88. The van der Waals surface area contributed by atoms with Gasteiger partial charge in [-0.25, -0.2) is 0 Å².